The molecule has 0 atom stereocenters. The fourth-order valence-corrected chi connectivity index (χ4v) is 2.35. The molecule has 4 nitrogen and oxygen atoms in total. The molecule has 110 valence electrons. The van der Waals surface area contributed by atoms with Gasteiger partial charge in [-0.25, -0.2) is 0 Å². The second-order valence-corrected chi connectivity index (χ2v) is 5.11. The van der Waals surface area contributed by atoms with Crippen LogP contribution in [0.5, 0.6) is 11.5 Å². The highest BCUT2D eigenvalue weighted by atomic mass is 16.5. The van der Waals surface area contributed by atoms with Crippen LogP contribution in [0.1, 0.15) is 38.2 Å². The van der Waals surface area contributed by atoms with Gasteiger partial charge in [0.05, 0.1) is 13.7 Å². The van der Waals surface area contributed by atoms with Crippen LogP contribution in [-0.2, 0) is 11.3 Å². The van der Waals surface area contributed by atoms with E-state index in [1.54, 1.807) is 7.11 Å². The van der Waals surface area contributed by atoms with Crippen molar-refractivity contribution < 1.29 is 14.3 Å². The van der Waals surface area contributed by atoms with Gasteiger partial charge in [-0.05, 0) is 30.5 Å². The van der Waals surface area contributed by atoms with Crippen molar-refractivity contribution in [2.45, 2.75) is 39.2 Å². The van der Waals surface area contributed by atoms with E-state index in [1.807, 2.05) is 23.1 Å². The standard InChI is InChI=1S/C16H23NO3/c1-3-4-10-20-15-11-13(7-8-14(15)19-2)12-17-9-5-6-16(17)18/h7-8,11H,3-6,9-10,12H2,1-2H3. The van der Waals surface area contributed by atoms with Gasteiger partial charge in [-0.3, -0.25) is 4.79 Å². The van der Waals surface area contributed by atoms with E-state index in [2.05, 4.69) is 6.92 Å². The molecule has 0 N–H and O–H groups in total. The highest BCUT2D eigenvalue weighted by molar-refractivity contribution is 5.78. The van der Waals surface area contributed by atoms with Gasteiger partial charge in [0.2, 0.25) is 5.91 Å². The largest absolute Gasteiger partial charge is 0.493 e. The molecule has 1 heterocycles. The first kappa shape index (κ1) is 14.7. The summed E-state index contributed by atoms with van der Waals surface area (Å²) in [5, 5.41) is 0. The molecule has 1 amide bonds. The van der Waals surface area contributed by atoms with Gasteiger partial charge in [0.25, 0.3) is 0 Å². The Bertz CT molecular complexity index is 459. The summed E-state index contributed by atoms with van der Waals surface area (Å²) in [5.41, 5.74) is 1.09. The molecule has 0 unspecified atom stereocenters. The average Bonchev–Trinajstić information content (AvgIpc) is 2.85. The number of hydrogen-bond donors (Lipinski definition) is 0. The molecule has 1 aliphatic heterocycles. The van der Waals surface area contributed by atoms with Gasteiger partial charge in [-0.2, -0.15) is 0 Å². The first-order chi connectivity index (χ1) is 9.74. The van der Waals surface area contributed by atoms with Crippen LogP contribution in [0.3, 0.4) is 0 Å². The van der Waals surface area contributed by atoms with E-state index < -0.39 is 0 Å². The van der Waals surface area contributed by atoms with Crippen LogP contribution in [0.2, 0.25) is 0 Å². The third kappa shape index (κ3) is 3.65. The summed E-state index contributed by atoms with van der Waals surface area (Å²) >= 11 is 0. The number of carbonyl (C=O) groups is 1. The fourth-order valence-electron chi connectivity index (χ4n) is 2.35. The lowest BCUT2D eigenvalue weighted by molar-refractivity contribution is -0.128. The van der Waals surface area contributed by atoms with Crippen molar-refractivity contribution in [3.63, 3.8) is 0 Å². The Morgan fingerprint density at radius 2 is 2.15 bits per heavy atom. The Morgan fingerprint density at radius 1 is 1.30 bits per heavy atom. The van der Waals surface area contributed by atoms with E-state index in [9.17, 15) is 4.79 Å². The Hall–Kier alpha value is -1.71. The minimum atomic E-state index is 0.245. The number of rotatable bonds is 7. The first-order valence-electron chi connectivity index (χ1n) is 7.32. The summed E-state index contributed by atoms with van der Waals surface area (Å²) in [4.78, 5) is 13.6. The van der Waals surface area contributed by atoms with Crippen molar-refractivity contribution in [1.82, 2.24) is 4.90 Å². The minimum Gasteiger partial charge on any atom is -0.493 e. The lowest BCUT2D eigenvalue weighted by Gasteiger charge is -2.17. The molecule has 1 fully saturated rings. The highest BCUT2D eigenvalue weighted by Crippen LogP contribution is 2.29. The summed E-state index contributed by atoms with van der Waals surface area (Å²) in [7, 11) is 1.64. The zero-order valence-electron chi connectivity index (χ0n) is 12.4. The lowest BCUT2D eigenvalue weighted by atomic mass is 10.2. The van der Waals surface area contributed by atoms with E-state index in [0.717, 1.165) is 42.9 Å². The summed E-state index contributed by atoms with van der Waals surface area (Å²) < 4.78 is 11.1. The lowest BCUT2D eigenvalue weighted by Crippen LogP contribution is -2.23. The number of nitrogens with zero attached hydrogens (tertiary/aromatic N) is 1. The quantitative estimate of drug-likeness (QED) is 0.719. The molecule has 1 aliphatic rings. The topological polar surface area (TPSA) is 38.8 Å². The number of carbonyl (C=O) groups excluding carboxylic acids is 1. The van der Waals surface area contributed by atoms with Gasteiger partial charge in [0.15, 0.2) is 11.5 Å². The number of likely N-dealkylation sites (tertiary alicyclic amines) is 1. The number of amides is 1. The summed E-state index contributed by atoms with van der Waals surface area (Å²) in [6, 6.07) is 5.90. The average molecular weight is 277 g/mol. The second kappa shape index (κ2) is 7.17. The molecule has 0 spiro atoms. The summed E-state index contributed by atoms with van der Waals surface area (Å²) in [5.74, 6) is 1.76. The fraction of sp³-hybridized carbons (Fsp3) is 0.562. The Kier molecular flexibility index (Phi) is 5.27. The minimum absolute atomic E-state index is 0.245. The molecule has 0 aliphatic carbocycles. The molecule has 4 heteroatoms. The molecule has 20 heavy (non-hydrogen) atoms. The number of ether oxygens (including phenoxy) is 2. The third-order valence-corrected chi connectivity index (χ3v) is 3.53. The van der Waals surface area contributed by atoms with Gasteiger partial charge >= 0.3 is 0 Å². The normalized spacial score (nSPS) is 14.7. The predicted molar refractivity (Wildman–Crippen MR) is 78.0 cm³/mol. The van der Waals surface area contributed by atoms with E-state index in [4.69, 9.17) is 9.47 Å². The molecule has 0 radical (unpaired) electrons. The molecule has 2 rings (SSSR count). The molecule has 1 aromatic carbocycles. The maximum absolute atomic E-state index is 11.7. The number of methoxy groups -OCH3 is 1. The Balaban J connectivity index is 2.05. The zero-order chi connectivity index (χ0) is 14.4. The van der Waals surface area contributed by atoms with Crippen LogP contribution in [0.25, 0.3) is 0 Å². The summed E-state index contributed by atoms with van der Waals surface area (Å²) in [6.45, 7) is 4.35. The molecular formula is C16H23NO3. The monoisotopic (exact) mass is 277 g/mol. The van der Waals surface area contributed by atoms with Crippen LogP contribution >= 0.6 is 0 Å². The van der Waals surface area contributed by atoms with Crippen molar-refractivity contribution in [2.24, 2.45) is 0 Å². The molecule has 0 aromatic heterocycles. The van der Waals surface area contributed by atoms with Crippen molar-refractivity contribution in [2.75, 3.05) is 20.3 Å². The number of benzene rings is 1. The maximum Gasteiger partial charge on any atom is 0.222 e. The van der Waals surface area contributed by atoms with Gasteiger partial charge in [0.1, 0.15) is 0 Å². The first-order valence-corrected chi connectivity index (χ1v) is 7.32. The maximum atomic E-state index is 11.7. The van der Waals surface area contributed by atoms with E-state index in [-0.39, 0.29) is 5.91 Å². The molecular weight excluding hydrogens is 254 g/mol. The van der Waals surface area contributed by atoms with Gasteiger partial charge in [0, 0.05) is 19.5 Å². The van der Waals surface area contributed by atoms with Gasteiger partial charge < -0.3 is 14.4 Å². The summed E-state index contributed by atoms with van der Waals surface area (Å²) in [6.07, 6.45) is 3.77. The van der Waals surface area contributed by atoms with Crippen LogP contribution in [0.15, 0.2) is 18.2 Å². The van der Waals surface area contributed by atoms with Crippen LogP contribution in [0.4, 0.5) is 0 Å². The highest BCUT2D eigenvalue weighted by Gasteiger charge is 2.20. The number of hydrogen-bond acceptors (Lipinski definition) is 3. The van der Waals surface area contributed by atoms with Crippen molar-refractivity contribution in [3.8, 4) is 11.5 Å². The smallest absolute Gasteiger partial charge is 0.222 e. The predicted octanol–water partition coefficient (Wildman–Crippen LogP) is 3.00. The molecule has 0 bridgehead atoms. The van der Waals surface area contributed by atoms with Crippen molar-refractivity contribution in [1.29, 1.82) is 0 Å². The third-order valence-electron chi connectivity index (χ3n) is 3.53. The van der Waals surface area contributed by atoms with E-state index in [0.29, 0.717) is 19.6 Å². The second-order valence-electron chi connectivity index (χ2n) is 5.11. The molecule has 0 saturated carbocycles. The van der Waals surface area contributed by atoms with Crippen LogP contribution in [-0.4, -0.2) is 31.1 Å². The van der Waals surface area contributed by atoms with Gasteiger partial charge in [-0.1, -0.05) is 19.4 Å². The SMILES string of the molecule is CCCCOc1cc(CN2CCCC2=O)ccc1OC. The van der Waals surface area contributed by atoms with Crippen LogP contribution in [0, 0.1) is 0 Å². The van der Waals surface area contributed by atoms with E-state index >= 15 is 0 Å². The van der Waals surface area contributed by atoms with E-state index in [1.165, 1.54) is 0 Å². The van der Waals surface area contributed by atoms with Crippen LogP contribution < -0.4 is 9.47 Å². The zero-order valence-corrected chi connectivity index (χ0v) is 12.4. The van der Waals surface area contributed by atoms with Crippen molar-refractivity contribution in [3.05, 3.63) is 23.8 Å². The molecule has 1 aromatic rings. The van der Waals surface area contributed by atoms with Crippen molar-refractivity contribution >= 4 is 5.91 Å². The number of unbranched alkanes of at least 4 members (excludes halogenated alkanes) is 1. The Labute approximate surface area is 120 Å². The Morgan fingerprint density at radius 3 is 2.80 bits per heavy atom. The van der Waals surface area contributed by atoms with Gasteiger partial charge in [-0.15, -0.1) is 0 Å². The molecule has 1 saturated heterocycles.